The van der Waals surface area contributed by atoms with Crippen molar-refractivity contribution in [2.75, 3.05) is 14.2 Å². The molecule has 0 aromatic heterocycles. The maximum absolute atomic E-state index is 11.5. The summed E-state index contributed by atoms with van der Waals surface area (Å²) in [4.78, 5) is 11.5. The highest BCUT2D eigenvalue weighted by molar-refractivity contribution is 5.97. The number of Topliss-reactive ketones (excluding diaryl/α,β-unsaturated/α-hetero) is 1. The Balaban J connectivity index is 2.28. The molecule has 0 saturated heterocycles. The van der Waals surface area contributed by atoms with Crippen LogP contribution in [0.2, 0.25) is 0 Å². The van der Waals surface area contributed by atoms with E-state index >= 15 is 0 Å². The standard InChI is InChI=1S/C14H16O3/c1-9-6-11(7-12(9)15)10-4-5-13(16-2)14(8-10)17-3/h4-5,8,11H,1,6-7H2,2-3H3. The summed E-state index contributed by atoms with van der Waals surface area (Å²) in [6.07, 6.45) is 1.29. The minimum Gasteiger partial charge on any atom is -0.493 e. The molecule has 17 heavy (non-hydrogen) atoms. The first kappa shape index (κ1) is 11.7. The van der Waals surface area contributed by atoms with E-state index in [0.717, 1.165) is 17.6 Å². The van der Waals surface area contributed by atoms with Gasteiger partial charge in [0.25, 0.3) is 0 Å². The zero-order valence-electron chi connectivity index (χ0n) is 10.2. The molecule has 0 N–H and O–H groups in total. The van der Waals surface area contributed by atoms with E-state index in [1.165, 1.54) is 0 Å². The predicted molar refractivity (Wildman–Crippen MR) is 65.7 cm³/mol. The summed E-state index contributed by atoms with van der Waals surface area (Å²) in [6, 6.07) is 5.80. The number of benzene rings is 1. The largest absolute Gasteiger partial charge is 0.493 e. The van der Waals surface area contributed by atoms with Gasteiger partial charge in [0.2, 0.25) is 0 Å². The monoisotopic (exact) mass is 232 g/mol. The highest BCUT2D eigenvalue weighted by Gasteiger charge is 2.27. The molecule has 1 fully saturated rings. The van der Waals surface area contributed by atoms with Crippen molar-refractivity contribution in [1.29, 1.82) is 0 Å². The maximum Gasteiger partial charge on any atom is 0.160 e. The smallest absolute Gasteiger partial charge is 0.160 e. The third-order valence-corrected chi connectivity index (χ3v) is 3.20. The summed E-state index contributed by atoms with van der Waals surface area (Å²) in [5, 5.41) is 0. The number of carbonyl (C=O) groups is 1. The van der Waals surface area contributed by atoms with E-state index < -0.39 is 0 Å². The quantitative estimate of drug-likeness (QED) is 0.752. The molecule has 90 valence electrons. The van der Waals surface area contributed by atoms with E-state index in [-0.39, 0.29) is 11.7 Å². The van der Waals surface area contributed by atoms with E-state index in [1.807, 2.05) is 18.2 Å². The average molecular weight is 232 g/mol. The van der Waals surface area contributed by atoms with Gasteiger partial charge < -0.3 is 9.47 Å². The molecular formula is C14H16O3. The van der Waals surface area contributed by atoms with Crippen LogP contribution in [0, 0.1) is 0 Å². The summed E-state index contributed by atoms with van der Waals surface area (Å²) >= 11 is 0. The Bertz CT molecular complexity index is 447. The Morgan fingerprint density at radius 2 is 1.88 bits per heavy atom. The molecule has 1 aromatic rings. The van der Waals surface area contributed by atoms with Crippen LogP contribution in [0.4, 0.5) is 0 Å². The van der Waals surface area contributed by atoms with Gasteiger partial charge in [0.05, 0.1) is 14.2 Å². The molecule has 0 bridgehead atoms. The first-order chi connectivity index (χ1) is 8.15. The van der Waals surface area contributed by atoms with Crippen LogP contribution in [0.15, 0.2) is 30.4 Å². The first-order valence-corrected chi connectivity index (χ1v) is 5.58. The number of ketones is 1. The van der Waals surface area contributed by atoms with Crippen molar-refractivity contribution in [3.05, 3.63) is 35.9 Å². The molecule has 0 heterocycles. The minimum atomic E-state index is 0.171. The van der Waals surface area contributed by atoms with Crippen LogP contribution < -0.4 is 9.47 Å². The summed E-state index contributed by atoms with van der Waals surface area (Å²) in [7, 11) is 3.22. The molecule has 0 aliphatic heterocycles. The number of allylic oxidation sites excluding steroid dienone is 1. The number of rotatable bonds is 3. The van der Waals surface area contributed by atoms with E-state index in [9.17, 15) is 4.79 Å². The molecular weight excluding hydrogens is 216 g/mol. The lowest BCUT2D eigenvalue weighted by atomic mass is 9.97. The van der Waals surface area contributed by atoms with Gasteiger partial charge in [-0.2, -0.15) is 0 Å². The third-order valence-electron chi connectivity index (χ3n) is 3.20. The van der Waals surface area contributed by atoms with Gasteiger partial charge in [-0.3, -0.25) is 4.79 Å². The summed E-state index contributed by atoms with van der Waals surface area (Å²) < 4.78 is 10.4. The highest BCUT2D eigenvalue weighted by Crippen LogP contribution is 2.38. The number of hydrogen-bond donors (Lipinski definition) is 0. The van der Waals surface area contributed by atoms with Crippen LogP contribution in [0.5, 0.6) is 11.5 Å². The topological polar surface area (TPSA) is 35.5 Å². The lowest BCUT2D eigenvalue weighted by Gasteiger charge is -2.12. The van der Waals surface area contributed by atoms with Crippen molar-refractivity contribution in [2.45, 2.75) is 18.8 Å². The summed E-state index contributed by atoms with van der Waals surface area (Å²) in [6.45, 7) is 3.78. The molecule has 1 aliphatic carbocycles. The van der Waals surface area contributed by atoms with E-state index in [0.29, 0.717) is 17.9 Å². The molecule has 1 unspecified atom stereocenters. The molecule has 1 saturated carbocycles. The number of ether oxygens (including phenoxy) is 2. The number of methoxy groups -OCH3 is 2. The molecule has 3 heteroatoms. The summed E-state index contributed by atoms with van der Waals surface area (Å²) in [5.74, 6) is 1.81. The van der Waals surface area contributed by atoms with Crippen LogP contribution in [-0.2, 0) is 4.79 Å². The average Bonchev–Trinajstić information content (AvgIpc) is 2.68. The Labute approximate surface area is 101 Å². The van der Waals surface area contributed by atoms with Crippen molar-refractivity contribution in [1.82, 2.24) is 0 Å². The van der Waals surface area contributed by atoms with Crippen LogP contribution in [-0.4, -0.2) is 20.0 Å². The van der Waals surface area contributed by atoms with Gasteiger partial charge in [-0.15, -0.1) is 0 Å². The predicted octanol–water partition coefficient (Wildman–Crippen LogP) is 2.71. The van der Waals surface area contributed by atoms with Crippen LogP contribution in [0.25, 0.3) is 0 Å². The third kappa shape index (κ3) is 2.18. The normalized spacial score (nSPS) is 19.5. The molecule has 3 nitrogen and oxygen atoms in total. The number of carbonyl (C=O) groups excluding carboxylic acids is 1. The maximum atomic E-state index is 11.5. The second-order valence-corrected chi connectivity index (χ2v) is 4.25. The van der Waals surface area contributed by atoms with Gasteiger partial charge in [-0.05, 0) is 35.6 Å². The van der Waals surface area contributed by atoms with Gasteiger partial charge in [-0.1, -0.05) is 12.6 Å². The fourth-order valence-corrected chi connectivity index (χ4v) is 2.19. The van der Waals surface area contributed by atoms with Crippen molar-refractivity contribution in [3.8, 4) is 11.5 Å². The molecule has 1 atom stereocenters. The van der Waals surface area contributed by atoms with Gasteiger partial charge in [0.1, 0.15) is 0 Å². The second kappa shape index (κ2) is 4.62. The lowest BCUT2D eigenvalue weighted by Crippen LogP contribution is -1.97. The Hall–Kier alpha value is -1.77. The van der Waals surface area contributed by atoms with Gasteiger partial charge in [0, 0.05) is 6.42 Å². The molecule has 1 aliphatic rings. The minimum absolute atomic E-state index is 0.171. The molecule has 0 amide bonds. The van der Waals surface area contributed by atoms with Crippen molar-refractivity contribution in [2.24, 2.45) is 0 Å². The zero-order valence-corrected chi connectivity index (χ0v) is 10.2. The number of hydrogen-bond acceptors (Lipinski definition) is 3. The highest BCUT2D eigenvalue weighted by atomic mass is 16.5. The first-order valence-electron chi connectivity index (χ1n) is 5.58. The molecule has 1 aromatic carbocycles. The SMILES string of the molecule is C=C1CC(c2ccc(OC)c(OC)c2)CC1=O. The van der Waals surface area contributed by atoms with E-state index in [4.69, 9.17) is 9.47 Å². The second-order valence-electron chi connectivity index (χ2n) is 4.25. The summed E-state index contributed by atoms with van der Waals surface area (Å²) in [5.41, 5.74) is 1.83. The van der Waals surface area contributed by atoms with Gasteiger partial charge in [0.15, 0.2) is 17.3 Å². The molecule has 0 spiro atoms. The van der Waals surface area contributed by atoms with Crippen molar-refractivity contribution in [3.63, 3.8) is 0 Å². The molecule has 0 radical (unpaired) electrons. The van der Waals surface area contributed by atoms with Crippen LogP contribution >= 0.6 is 0 Å². The van der Waals surface area contributed by atoms with Crippen molar-refractivity contribution < 1.29 is 14.3 Å². The van der Waals surface area contributed by atoms with Crippen molar-refractivity contribution >= 4 is 5.78 Å². The Morgan fingerprint density at radius 3 is 2.41 bits per heavy atom. The molecule has 2 rings (SSSR count). The fraction of sp³-hybridized carbons (Fsp3) is 0.357. The van der Waals surface area contributed by atoms with E-state index in [2.05, 4.69) is 6.58 Å². The van der Waals surface area contributed by atoms with Gasteiger partial charge in [-0.25, -0.2) is 0 Å². The Kier molecular flexibility index (Phi) is 3.18. The fourth-order valence-electron chi connectivity index (χ4n) is 2.19. The lowest BCUT2D eigenvalue weighted by molar-refractivity contribution is -0.114. The van der Waals surface area contributed by atoms with Crippen LogP contribution in [0.3, 0.4) is 0 Å². The van der Waals surface area contributed by atoms with Gasteiger partial charge >= 0.3 is 0 Å². The zero-order chi connectivity index (χ0) is 12.4. The van der Waals surface area contributed by atoms with Crippen LogP contribution in [0.1, 0.15) is 24.3 Å². The Morgan fingerprint density at radius 1 is 1.18 bits per heavy atom. The van der Waals surface area contributed by atoms with E-state index in [1.54, 1.807) is 14.2 Å².